The lowest BCUT2D eigenvalue weighted by molar-refractivity contribution is -0.137. The van der Waals surface area contributed by atoms with E-state index in [2.05, 4.69) is 5.32 Å². The van der Waals surface area contributed by atoms with E-state index in [4.69, 9.17) is 5.26 Å². The van der Waals surface area contributed by atoms with Crippen molar-refractivity contribution < 1.29 is 18.0 Å². The number of thiophene rings is 1. The van der Waals surface area contributed by atoms with Crippen molar-refractivity contribution in [2.75, 3.05) is 5.32 Å². The SMILES string of the molecule is Cc1sc(NC(=O)c2cccc(C(F)(F)F)c2)c(C#N)c1C. The molecule has 0 radical (unpaired) electrons. The molecule has 3 nitrogen and oxygen atoms in total. The van der Waals surface area contributed by atoms with Crippen molar-refractivity contribution >= 4 is 22.2 Å². The number of benzene rings is 1. The lowest BCUT2D eigenvalue weighted by Crippen LogP contribution is -2.13. The number of nitrogens with zero attached hydrogens (tertiary/aromatic N) is 1. The van der Waals surface area contributed by atoms with Gasteiger partial charge in [0.15, 0.2) is 0 Å². The number of hydrogen-bond acceptors (Lipinski definition) is 3. The lowest BCUT2D eigenvalue weighted by atomic mass is 10.1. The summed E-state index contributed by atoms with van der Waals surface area (Å²) in [4.78, 5) is 13.0. The summed E-state index contributed by atoms with van der Waals surface area (Å²) in [7, 11) is 0. The van der Waals surface area contributed by atoms with Crippen LogP contribution in [-0.2, 0) is 6.18 Å². The molecular weight excluding hydrogens is 313 g/mol. The van der Waals surface area contributed by atoms with Crippen molar-refractivity contribution in [2.24, 2.45) is 0 Å². The summed E-state index contributed by atoms with van der Waals surface area (Å²) in [6.45, 7) is 3.56. The second kappa shape index (κ2) is 5.81. The third-order valence-corrected chi connectivity index (χ3v) is 4.30. The number of amides is 1. The molecule has 1 aromatic heterocycles. The van der Waals surface area contributed by atoms with Crippen molar-refractivity contribution in [1.29, 1.82) is 5.26 Å². The second-order valence-corrected chi connectivity index (χ2v) is 5.86. The number of carbonyl (C=O) groups excluding carboxylic acids is 1. The third kappa shape index (κ3) is 3.12. The molecule has 1 heterocycles. The number of halogens is 3. The molecule has 1 aromatic carbocycles. The van der Waals surface area contributed by atoms with E-state index in [1.165, 1.54) is 23.5 Å². The molecule has 0 spiro atoms. The van der Waals surface area contributed by atoms with E-state index in [1.807, 2.05) is 6.07 Å². The van der Waals surface area contributed by atoms with Crippen molar-refractivity contribution in [3.05, 3.63) is 51.4 Å². The number of aryl methyl sites for hydroxylation is 1. The molecule has 0 aliphatic rings. The molecule has 2 aromatic rings. The Labute approximate surface area is 129 Å². The van der Waals surface area contributed by atoms with Gasteiger partial charge in [0.05, 0.1) is 11.1 Å². The molecule has 2 rings (SSSR count). The van der Waals surface area contributed by atoms with Gasteiger partial charge in [-0.25, -0.2) is 0 Å². The van der Waals surface area contributed by atoms with Crippen LogP contribution >= 0.6 is 11.3 Å². The maximum absolute atomic E-state index is 12.7. The van der Waals surface area contributed by atoms with Gasteiger partial charge in [-0.3, -0.25) is 4.79 Å². The fourth-order valence-electron chi connectivity index (χ4n) is 1.86. The van der Waals surface area contributed by atoms with E-state index in [0.29, 0.717) is 10.6 Å². The largest absolute Gasteiger partial charge is 0.416 e. The third-order valence-electron chi connectivity index (χ3n) is 3.18. The Hall–Kier alpha value is -2.33. The quantitative estimate of drug-likeness (QED) is 0.884. The first kappa shape index (κ1) is 16.0. The molecule has 0 fully saturated rings. The van der Waals surface area contributed by atoms with E-state index < -0.39 is 17.6 Å². The topological polar surface area (TPSA) is 52.9 Å². The number of hydrogen-bond donors (Lipinski definition) is 1. The summed E-state index contributed by atoms with van der Waals surface area (Å²) in [5, 5.41) is 12.0. The smallest absolute Gasteiger partial charge is 0.312 e. The first-order valence-electron chi connectivity index (χ1n) is 6.22. The van der Waals surface area contributed by atoms with Crippen LogP contribution in [0.3, 0.4) is 0 Å². The lowest BCUT2D eigenvalue weighted by Gasteiger charge is -2.08. The molecule has 1 N–H and O–H groups in total. The zero-order valence-corrected chi connectivity index (χ0v) is 12.5. The van der Waals surface area contributed by atoms with Crippen molar-refractivity contribution in [1.82, 2.24) is 0 Å². The average Bonchev–Trinajstić information content (AvgIpc) is 2.72. The van der Waals surface area contributed by atoms with E-state index in [0.717, 1.165) is 22.6 Å². The highest BCUT2D eigenvalue weighted by molar-refractivity contribution is 7.16. The van der Waals surface area contributed by atoms with Crippen molar-refractivity contribution in [3.63, 3.8) is 0 Å². The van der Waals surface area contributed by atoms with Gasteiger partial charge < -0.3 is 5.32 Å². The Morgan fingerprint density at radius 3 is 2.59 bits per heavy atom. The Balaban J connectivity index is 2.31. The Morgan fingerprint density at radius 2 is 2.00 bits per heavy atom. The van der Waals surface area contributed by atoms with Crippen LogP contribution in [0.4, 0.5) is 18.2 Å². The van der Waals surface area contributed by atoms with E-state index in [-0.39, 0.29) is 5.56 Å². The minimum absolute atomic E-state index is 0.109. The van der Waals surface area contributed by atoms with Crippen LogP contribution in [0.2, 0.25) is 0 Å². The van der Waals surface area contributed by atoms with Gasteiger partial charge in [0.25, 0.3) is 5.91 Å². The van der Waals surface area contributed by atoms with Gasteiger partial charge in [-0.1, -0.05) is 6.07 Å². The van der Waals surface area contributed by atoms with Gasteiger partial charge in [0.2, 0.25) is 0 Å². The van der Waals surface area contributed by atoms with E-state index in [9.17, 15) is 18.0 Å². The first-order chi connectivity index (χ1) is 10.2. The minimum Gasteiger partial charge on any atom is -0.312 e. The van der Waals surface area contributed by atoms with Crippen LogP contribution in [0.5, 0.6) is 0 Å². The molecule has 1 amide bonds. The van der Waals surface area contributed by atoms with Gasteiger partial charge in [-0.2, -0.15) is 18.4 Å². The molecule has 0 aliphatic carbocycles. The van der Waals surface area contributed by atoms with Gasteiger partial charge in [0.1, 0.15) is 11.1 Å². The van der Waals surface area contributed by atoms with Crippen LogP contribution in [0.15, 0.2) is 24.3 Å². The Morgan fingerprint density at radius 1 is 1.32 bits per heavy atom. The van der Waals surface area contributed by atoms with Crippen molar-refractivity contribution in [2.45, 2.75) is 20.0 Å². The van der Waals surface area contributed by atoms with Crippen molar-refractivity contribution in [3.8, 4) is 6.07 Å². The summed E-state index contributed by atoms with van der Waals surface area (Å²) in [6.07, 6.45) is -4.51. The van der Waals surface area contributed by atoms with Crippen LogP contribution in [0.25, 0.3) is 0 Å². The standard InChI is InChI=1S/C15H11F3N2OS/c1-8-9(2)22-14(12(8)7-19)20-13(21)10-4-3-5-11(6-10)15(16,17)18/h3-6H,1-2H3,(H,20,21). The number of carbonyl (C=O) groups is 1. The summed E-state index contributed by atoms with van der Waals surface area (Å²) in [5.74, 6) is -0.677. The predicted octanol–water partition coefficient (Wildman–Crippen LogP) is 4.51. The van der Waals surface area contributed by atoms with Gasteiger partial charge in [-0.15, -0.1) is 11.3 Å². The fourth-order valence-corrected chi connectivity index (χ4v) is 2.87. The summed E-state index contributed by atoms with van der Waals surface area (Å²) in [5.41, 5.74) is 0.0938. The molecule has 7 heteroatoms. The highest BCUT2D eigenvalue weighted by Gasteiger charge is 2.31. The number of rotatable bonds is 2. The summed E-state index contributed by atoms with van der Waals surface area (Å²) in [6, 6.07) is 6.15. The molecule has 0 bridgehead atoms. The highest BCUT2D eigenvalue weighted by Crippen LogP contribution is 2.33. The summed E-state index contributed by atoms with van der Waals surface area (Å²) < 4.78 is 38.0. The molecule has 0 unspecified atom stereocenters. The van der Waals surface area contributed by atoms with Crippen LogP contribution in [0, 0.1) is 25.2 Å². The monoisotopic (exact) mass is 324 g/mol. The molecular formula is C15H11F3N2OS. The molecule has 0 saturated heterocycles. The maximum atomic E-state index is 12.7. The number of nitriles is 1. The van der Waals surface area contributed by atoms with Gasteiger partial charge in [-0.05, 0) is 37.6 Å². The molecule has 0 saturated carbocycles. The predicted molar refractivity (Wildman–Crippen MR) is 77.9 cm³/mol. The van der Waals surface area contributed by atoms with E-state index >= 15 is 0 Å². The molecule has 114 valence electrons. The summed E-state index contributed by atoms with van der Waals surface area (Å²) >= 11 is 1.22. The first-order valence-corrected chi connectivity index (χ1v) is 7.04. The zero-order valence-electron chi connectivity index (χ0n) is 11.7. The minimum atomic E-state index is -4.51. The number of anilines is 1. The fraction of sp³-hybridized carbons (Fsp3) is 0.200. The molecule has 0 aliphatic heterocycles. The molecule has 0 atom stereocenters. The molecule has 22 heavy (non-hydrogen) atoms. The second-order valence-electron chi connectivity index (χ2n) is 4.63. The van der Waals surface area contributed by atoms with Gasteiger partial charge >= 0.3 is 6.18 Å². The Bertz CT molecular complexity index is 772. The van der Waals surface area contributed by atoms with Crippen LogP contribution < -0.4 is 5.32 Å². The van der Waals surface area contributed by atoms with Crippen LogP contribution in [0.1, 0.15) is 31.9 Å². The average molecular weight is 324 g/mol. The van der Waals surface area contributed by atoms with Gasteiger partial charge in [0, 0.05) is 10.4 Å². The number of nitrogens with one attached hydrogen (secondary N) is 1. The van der Waals surface area contributed by atoms with Crippen LogP contribution in [-0.4, -0.2) is 5.91 Å². The normalized spacial score (nSPS) is 11.1. The zero-order chi connectivity index (χ0) is 16.5. The highest BCUT2D eigenvalue weighted by atomic mass is 32.1. The maximum Gasteiger partial charge on any atom is 0.416 e. The number of alkyl halides is 3. The Kier molecular flexibility index (Phi) is 4.24. The van der Waals surface area contributed by atoms with E-state index in [1.54, 1.807) is 13.8 Å².